The fraction of sp³-hybridized carbons (Fsp3) is 0.625. The van der Waals surface area contributed by atoms with E-state index in [4.69, 9.17) is 0 Å². The van der Waals surface area contributed by atoms with Gasteiger partial charge < -0.3 is 0 Å². The Balaban J connectivity index is 1.88. The number of hydrogen-bond acceptors (Lipinski definition) is 2. The number of hydrogen-bond donors (Lipinski definition) is 0. The van der Waals surface area contributed by atoms with Gasteiger partial charge in [-0.3, -0.25) is 0 Å². The first kappa shape index (κ1) is 15.7. The molecule has 2 aliphatic heterocycles. The maximum absolute atomic E-state index is 14.5. The molecule has 0 amide bonds. The number of halogens is 4. The number of likely N-dealkylation sites (tertiary alicyclic amines) is 2. The van der Waals surface area contributed by atoms with Crippen molar-refractivity contribution >= 4 is 0 Å². The first-order valence-corrected chi connectivity index (χ1v) is 7.79. The van der Waals surface area contributed by atoms with Crippen LogP contribution in [0.1, 0.15) is 36.8 Å². The maximum atomic E-state index is 14.5. The van der Waals surface area contributed by atoms with Gasteiger partial charge in [-0.25, -0.2) is 9.80 Å². The van der Waals surface area contributed by atoms with Gasteiger partial charge >= 0.3 is 12.1 Å². The van der Waals surface area contributed by atoms with Crippen molar-refractivity contribution in [3.8, 4) is 0 Å². The summed E-state index contributed by atoms with van der Waals surface area (Å²) in [6.45, 7) is 1.22. The van der Waals surface area contributed by atoms with E-state index in [1.54, 1.807) is 0 Å². The average molecular weight is 316 g/mol. The van der Waals surface area contributed by atoms with Crippen LogP contribution >= 0.6 is 0 Å². The molecule has 22 heavy (non-hydrogen) atoms. The molecule has 122 valence electrons. The second kappa shape index (κ2) is 5.81. The van der Waals surface area contributed by atoms with Crippen LogP contribution in [0.25, 0.3) is 0 Å². The first-order valence-electron chi connectivity index (χ1n) is 7.79. The Morgan fingerprint density at radius 1 is 0.682 bits per heavy atom. The van der Waals surface area contributed by atoms with Gasteiger partial charge in [-0.15, -0.1) is 0 Å². The van der Waals surface area contributed by atoms with E-state index in [2.05, 4.69) is 0 Å². The summed E-state index contributed by atoms with van der Waals surface area (Å²) in [4.78, 5) is 2.14. The molecule has 0 aromatic heterocycles. The molecule has 0 radical (unpaired) electrons. The highest BCUT2D eigenvalue weighted by Gasteiger charge is 2.44. The van der Waals surface area contributed by atoms with Gasteiger partial charge in [-0.2, -0.15) is 17.6 Å². The van der Waals surface area contributed by atoms with E-state index < -0.39 is 12.1 Å². The Bertz CT molecular complexity index is 477. The molecule has 2 heterocycles. The fourth-order valence-corrected chi connectivity index (χ4v) is 3.25. The smallest absolute Gasteiger partial charge is 0.240 e. The van der Waals surface area contributed by atoms with Crippen LogP contribution in [0.4, 0.5) is 17.6 Å². The fourth-order valence-electron chi connectivity index (χ4n) is 3.25. The highest BCUT2D eigenvalue weighted by atomic mass is 19.3. The molecular weight excluding hydrogens is 296 g/mol. The molecule has 1 aromatic rings. The minimum atomic E-state index is -3.19. The molecule has 3 rings (SSSR count). The van der Waals surface area contributed by atoms with Crippen LogP contribution in [-0.2, 0) is 12.1 Å². The maximum Gasteiger partial charge on any atom is 0.331 e. The molecule has 1 aromatic carbocycles. The van der Waals surface area contributed by atoms with Gasteiger partial charge in [0.2, 0.25) is 0 Å². The lowest BCUT2D eigenvalue weighted by atomic mass is 10.1. The van der Waals surface area contributed by atoms with Crippen LogP contribution in [0.3, 0.4) is 0 Å². The Morgan fingerprint density at radius 2 is 1.05 bits per heavy atom. The lowest BCUT2D eigenvalue weighted by Gasteiger charge is -2.30. The number of nitrogens with zero attached hydrogens (tertiary/aromatic N) is 2. The molecule has 2 saturated heterocycles. The molecule has 0 bridgehead atoms. The average Bonchev–Trinajstić information content (AvgIpc) is 3.20. The molecule has 6 heteroatoms. The van der Waals surface area contributed by atoms with Crippen LogP contribution in [0.5, 0.6) is 0 Å². The van der Waals surface area contributed by atoms with Crippen molar-refractivity contribution < 1.29 is 17.6 Å². The van der Waals surface area contributed by atoms with Gasteiger partial charge in [-0.05, 0) is 31.7 Å². The van der Waals surface area contributed by atoms with E-state index in [9.17, 15) is 17.6 Å². The summed E-state index contributed by atoms with van der Waals surface area (Å²) in [6.07, 6.45) is 2.89. The van der Waals surface area contributed by atoms with E-state index in [1.807, 2.05) is 0 Å². The van der Waals surface area contributed by atoms with Crippen molar-refractivity contribution in [3.05, 3.63) is 35.4 Å². The van der Waals surface area contributed by atoms with E-state index in [1.165, 1.54) is 18.2 Å². The molecule has 0 aliphatic carbocycles. The van der Waals surface area contributed by atoms with Crippen LogP contribution in [0.15, 0.2) is 24.3 Å². The molecule has 0 atom stereocenters. The van der Waals surface area contributed by atoms with E-state index >= 15 is 0 Å². The Labute approximate surface area is 127 Å². The standard InChI is InChI=1S/C16H20F4N2/c17-15(18,21-8-1-2-9-21)13-6-5-7-14(12-13)16(19,20)22-10-3-4-11-22/h5-7,12H,1-4,8-11H2. The molecule has 2 fully saturated rings. The molecule has 0 spiro atoms. The van der Waals surface area contributed by atoms with Gasteiger partial charge in [0.15, 0.2) is 0 Å². The minimum absolute atomic E-state index is 0.305. The summed E-state index contributed by atoms with van der Waals surface area (Å²) in [7, 11) is 0. The predicted molar refractivity (Wildman–Crippen MR) is 75.8 cm³/mol. The van der Waals surface area contributed by atoms with E-state index in [0.717, 1.165) is 41.5 Å². The zero-order chi connectivity index (χ0) is 15.8. The quantitative estimate of drug-likeness (QED) is 0.612. The van der Waals surface area contributed by atoms with Crippen molar-refractivity contribution in [3.63, 3.8) is 0 Å². The minimum Gasteiger partial charge on any atom is -0.240 e. The third-order valence-electron chi connectivity index (χ3n) is 4.56. The Hall–Kier alpha value is -1.14. The number of rotatable bonds is 4. The molecule has 2 aliphatic rings. The van der Waals surface area contributed by atoms with Crippen LogP contribution in [0.2, 0.25) is 0 Å². The summed E-state index contributed by atoms with van der Waals surface area (Å²) in [5.41, 5.74) is -0.684. The normalized spacial score (nSPS) is 21.6. The second-order valence-corrected chi connectivity index (χ2v) is 6.05. The van der Waals surface area contributed by atoms with Gasteiger partial charge in [-0.1, -0.05) is 18.2 Å². The number of benzene rings is 1. The topological polar surface area (TPSA) is 6.48 Å². The number of alkyl halides is 4. The molecule has 0 unspecified atom stereocenters. The highest BCUT2D eigenvalue weighted by Crippen LogP contribution is 2.39. The largest absolute Gasteiger partial charge is 0.331 e. The molecule has 0 N–H and O–H groups in total. The predicted octanol–water partition coefficient (Wildman–Crippen LogP) is 3.98. The summed E-state index contributed by atoms with van der Waals surface area (Å²) >= 11 is 0. The molecule has 2 nitrogen and oxygen atoms in total. The summed E-state index contributed by atoms with van der Waals surface area (Å²) in [5.74, 6) is 0. The summed E-state index contributed by atoms with van der Waals surface area (Å²) in [6, 6.07) is -1.62. The van der Waals surface area contributed by atoms with Gasteiger partial charge in [0.1, 0.15) is 0 Å². The lowest BCUT2D eigenvalue weighted by Crippen LogP contribution is -2.39. The van der Waals surface area contributed by atoms with Crippen LogP contribution in [0, 0.1) is 0 Å². The summed E-state index contributed by atoms with van der Waals surface area (Å²) in [5, 5.41) is 0. The zero-order valence-electron chi connectivity index (χ0n) is 12.4. The lowest BCUT2D eigenvalue weighted by molar-refractivity contribution is -0.149. The van der Waals surface area contributed by atoms with Gasteiger partial charge in [0, 0.05) is 37.3 Å². The molecular formula is C16H20F4N2. The van der Waals surface area contributed by atoms with Crippen molar-refractivity contribution in [2.75, 3.05) is 26.2 Å². The SMILES string of the molecule is FC(F)(c1cccc(C(F)(F)N2CCCC2)c1)N1CCCC1. The molecule has 0 saturated carbocycles. The van der Waals surface area contributed by atoms with E-state index in [0.29, 0.717) is 26.2 Å². The van der Waals surface area contributed by atoms with Gasteiger partial charge in [0.25, 0.3) is 0 Å². The highest BCUT2D eigenvalue weighted by molar-refractivity contribution is 5.29. The van der Waals surface area contributed by atoms with Crippen molar-refractivity contribution in [1.29, 1.82) is 0 Å². The second-order valence-electron chi connectivity index (χ2n) is 6.05. The monoisotopic (exact) mass is 316 g/mol. The van der Waals surface area contributed by atoms with E-state index in [-0.39, 0.29) is 11.1 Å². The Morgan fingerprint density at radius 3 is 1.41 bits per heavy atom. The third-order valence-corrected chi connectivity index (χ3v) is 4.56. The van der Waals surface area contributed by atoms with Crippen molar-refractivity contribution in [1.82, 2.24) is 9.80 Å². The Kier molecular flexibility index (Phi) is 4.16. The third kappa shape index (κ3) is 2.74. The summed E-state index contributed by atoms with van der Waals surface area (Å²) < 4.78 is 57.9. The zero-order valence-corrected chi connectivity index (χ0v) is 12.4. The van der Waals surface area contributed by atoms with Crippen LogP contribution < -0.4 is 0 Å². The van der Waals surface area contributed by atoms with Crippen LogP contribution in [-0.4, -0.2) is 36.0 Å². The van der Waals surface area contributed by atoms with Crippen molar-refractivity contribution in [2.45, 2.75) is 37.8 Å². The van der Waals surface area contributed by atoms with Crippen molar-refractivity contribution in [2.24, 2.45) is 0 Å². The van der Waals surface area contributed by atoms with Gasteiger partial charge in [0.05, 0.1) is 0 Å². The first-order chi connectivity index (χ1) is 10.4.